The van der Waals surface area contributed by atoms with Crippen LogP contribution in [-0.2, 0) is 11.2 Å². The highest BCUT2D eigenvalue weighted by Gasteiger charge is 2.51. The second-order valence-electron chi connectivity index (χ2n) is 8.77. The van der Waals surface area contributed by atoms with E-state index >= 15 is 0 Å². The molecule has 4 heteroatoms. The molecule has 4 nitrogen and oxygen atoms in total. The molecule has 4 rings (SSSR count). The number of carbonyl (C=O) groups is 2. The Morgan fingerprint density at radius 2 is 1.34 bits per heavy atom. The molecule has 0 radical (unpaired) electrons. The zero-order chi connectivity index (χ0) is 22.7. The zero-order valence-corrected chi connectivity index (χ0v) is 18.9. The summed E-state index contributed by atoms with van der Waals surface area (Å²) in [6.45, 7) is 6.22. The monoisotopic (exact) mass is 426 g/mol. The summed E-state index contributed by atoms with van der Waals surface area (Å²) in [5, 5.41) is 0. The average molecular weight is 427 g/mol. The van der Waals surface area contributed by atoms with Crippen molar-refractivity contribution in [3.05, 3.63) is 108 Å². The summed E-state index contributed by atoms with van der Waals surface area (Å²) in [6, 6.07) is 28.6. The van der Waals surface area contributed by atoms with Gasteiger partial charge < -0.3 is 9.80 Å². The van der Waals surface area contributed by atoms with Crippen LogP contribution in [-0.4, -0.2) is 33.8 Å². The van der Waals surface area contributed by atoms with Crippen LogP contribution in [0.2, 0.25) is 0 Å². The van der Waals surface area contributed by atoms with Crippen molar-refractivity contribution >= 4 is 11.8 Å². The van der Waals surface area contributed by atoms with E-state index in [0.717, 1.165) is 11.1 Å². The third kappa shape index (κ3) is 4.18. The fourth-order valence-electron chi connectivity index (χ4n) is 4.71. The van der Waals surface area contributed by atoms with Crippen molar-refractivity contribution < 1.29 is 9.59 Å². The highest BCUT2D eigenvalue weighted by Crippen LogP contribution is 2.37. The van der Waals surface area contributed by atoms with Crippen molar-refractivity contribution in [2.24, 2.45) is 5.92 Å². The third-order valence-corrected chi connectivity index (χ3v) is 6.27. The molecule has 1 fully saturated rings. The molecular weight excluding hydrogens is 396 g/mol. The van der Waals surface area contributed by atoms with Crippen molar-refractivity contribution in [3.8, 4) is 0 Å². The zero-order valence-electron chi connectivity index (χ0n) is 18.9. The molecule has 0 unspecified atom stereocenters. The van der Waals surface area contributed by atoms with Gasteiger partial charge in [0.1, 0.15) is 12.2 Å². The molecule has 1 heterocycles. The fourth-order valence-corrected chi connectivity index (χ4v) is 4.71. The van der Waals surface area contributed by atoms with Gasteiger partial charge in [0.15, 0.2) is 0 Å². The number of nitrogens with zero attached hydrogens (tertiary/aromatic N) is 2. The lowest BCUT2D eigenvalue weighted by molar-refractivity contribution is -0.132. The van der Waals surface area contributed by atoms with Gasteiger partial charge in [-0.1, -0.05) is 92.7 Å². The maximum atomic E-state index is 13.9. The Bertz CT molecular complexity index is 1050. The predicted molar refractivity (Wildman–Crippen MR) is 127 cm³/mol. The van der Waals surface area contributed by atoms with Crippen LogP contribution in [0, 0.1) is 5.92 Å². The molecule has 1 saturated heterocycles. The molecule has 3 atom stereocenters. The number of carbonyl (C=O) groups excluding carboxylic acids is 2. The van der Waals surface area contributed by atoms with Crippen molar-refractivity contribution in [2.75, 3.05) is 0 Å². The van der Waals surface area contributed by atoms with E-state index in [0.29, 0.717) is 12.0 Å². The van der Waals surface area contributed by atoms with Crippen LogP contribution in [0.5, 0.6) is 0 Å². The predicted octanol–water partition coefficient (Wildman–Crippen LogP) is 5.33. The van der Waals surface area contributed by atoms with Gasteiger partial charge in [-0.3, -0.25) is 9.59 Å². The molecule has 0 saturated carbocycles. The largest absolute Gasteiger partial charge is 0.313 e. The minimum atomic E-state index is -0.538. The van der Waals surface area contributed by atoms with Crippen molar-refractivity contribution in [1.29, 1.82) is 0 Å². The van der Waals surface area contributed by atoms with Crippen LogP contribution in [0.15, 0.2) is 91.0 Å². The Morgan fingerprint density at radius 1 is 0.812 bits per heavy atom. The lowest BCUT2D eigenvalue weighted by Crippen LogP contribution is -2.48. The minimum Gasteiger partial charge on any atom is -0.313 e. The second kappa shape index (κ2) is 9.39. The highest BCUT2D eigenvalue weighted by molar-refractivity contribution is 6.00. The quantitative estimate of drug-likeness (QED) is 0.535. The molecule has 0 aliphatic carbocycles. The van der Waals surface area contributed by atoms with Crippen molar-refractivity contribution in [2.45, 2.75) is 45.4 Å². The molecule has 2 amide bonds. The number of hydrogen-bond donors (Lipinski definition) is 0. The number of amides is 2. The molecule has 3 aromatic rings. The van der Waals surface area contributed by atoms with Gasteiger partial charge in [0, 0.05) is 12.0 Å². The Hall–Kier alpha value is -3.40. The highest BCUT2D eigenvalue weighted by atomic mass is 16.2. The molecule has 0 spiro atoms. The van der Waals surface area contributed by atoms with Crippen LogP contribution in [0.3, 0.4) is 0 Å². The minimum absolute atomic E-state index is 0.00758. The molecule has 0 N–H and O–H groups in total. The number of rotatable bonds is 6. The standard InChI is InChI=1S/C28H30N2O2/c1-20(2)26-29(21(3)23-15-9-5-10-16-23)28(32)25(19-22-13-7-4-8-14-22)30(26)27(31)24-17-11-6-12-18-24/h4-18,20-21,25-26H,19H2,1-3H3/t21-,25-,26-/m1/s1. The van der Waals surface area contributed by atoms with Gasteiger partial charge in [0.2, 0.25) is 5.91 Å². The van der Waals surface area contributed by atoms with Crippen LogP contribution in [0.1, 0.15) is 48.3 Å². The molecular formula is C28H30N2O2. The molecule has 3 aromatic carbocycles. The van der Waals surface area contributed by atoms with Gasteiger partial charge in [0.25, 0.3) is 5.91 Å². The summed E-state index contributed by atoms with van der Waals surface area (Å²) in [4.78, 5) is 31.4. The topological polar surface area (TPSA) is 40.6 Å². The van der Waals surface area contributed by atoms with E-state index in [1.54, 1.807) is 0 Å². The van der Waals surface area contributed by atoms with Crippen molar-refractivity contribution in [1.82, 2.24) is 9.80 Å². The van der Waals surface area contributed by atoms with Crippen LogP contribution >= 0.6 is 0 Å². The summed E-state index contributed by atoms with van der Waals surface area (Å²) >= 11 is 0. The summed E-state index contributed by atoms with van der Waals surface area (Å²) in [7, 11) is 0. The van der Waals surface area contributed by atoms with Gasteiger partial charge in [-0.2, -0.15) is 0 Å². The van der Waals surface area contributed by atoms with E-state index in [-0.39, 0.29) is 29.9 Å². The van der Waals surface area contributed by atoms with E-state index in [1.807, 2.05) is 101 Å². The van der Waals surface area contributed by atoms with E-state index in [9.17, 15) is 9.59 Å². The summed E-state index contributed by atoms with van der Waals surface area (Å²) in [5.41, 5.74) is 2.73. The summed E-state index contributed by atoms with van der Waals surface area (Å²) < 4.78 is 0. The normalized spacial score (nSPS) is 19.4. The molecule has 32 heavy (non-hydrogen) atoms. The molecule has 0 aromatic heterocycles. The Balaban J connectivity index is 1.78. The fraction of sp³-hybridized carbons (Fsp3) is 0.286. The first kappa shape index (κ1) is 21.8. The number of benzene rings is 3. The van der Waals surface area contributed by atoms with Gasteiger partial charge >= 0.3 is 0 Å². The van der Waals surface area contributed by atoms with E-state index in [2.05, 4.69) is 20.8 Å². The lowest BCUT2D eigenvalue weighted by atomic mass is 10.0. The Kier molecular flexibility index (Phi) is 6.40. The third-order valence-electron chi connectivity index (χ3n) is 6.27. The first-order chi connectivity index (χ1) is 15.5. The van der Waals surface area contributed by atoms with Crippen LogP contribution in [0.25, 0.3) is 0 Å². The molecule has 1 aliphatic heterocycles. The SMILES string of the molecule is CC(C)[C@H]1N(C(=O)c2ccccc2)[C@H](Cc2ccccc2)C(=O)N1[C@H](C)c1ccccc1. The first-order valence-corrected chi connectivity index (χ1v) is 11.3. The second-order valence-corrected chi connectivity index (χ2v) is 8.77. The first-order valence-electron chi connectivity index (χ1n) is 11.3. The van der Waals surface area contributed by atoms with Gasteiger partial charge in [0.05, 0.1) is 6.04 Å². The Labute approximate surface area is 190 Å². The van der Waals surface area contributed by atoms with Gasteiger partial charge in [-0.15, -0.1) is 0 Å². The lowest BCUT2D eigenvalue weighted by Gasteiger charge is -2.37. The van der Waals surface area contributed by atoms with E-state index in [4.69, 9.17) is 0 Å². The summed E-state index contributed by atoms with van der Waals surface area (Å²) in [6.07, 6.45) is 0.179. The molecule has 1 aliphatic rings. The maximum Gasteiger partial charge on any atom is 0.256 e. The van der Waals surface area contributed by atoms with Gasteiger partial charge in [-0.05, 0) is 36.1 Å². The van der Waals surface area contributed by atoms with E-state index in [1.165, 1.54) is 0 Å². The summed E-state index contributed by atoms with van der Waals surface area (Å²) in [5.74, 6) is -0.00641. The smallest absolute Gasteiger partial charge is 0.256 e. The van der Waals surface area contributed by atoms with Crippen LogP contribution < -0.4 is 0 Å². The van der Waals surface area contributed by atoms with Gasteiger partial charge in [-0.25, -0.2) is 0 Å². The van der Waals surface area contributed by atoms with Crippen molar-refractivity contribution in [3.63, 3.8) is 0 Å². The molecule has 0 bridgehead atoms. The number of hydrogen-bond acceptors (Lipinski definition) is 2. The van der Waals surface area contributed by atoms with E-state index < -0.39 is 6.04 Å². The van der Waals surface area contributed by atoms with Crippen LogP contribution in [0.4, 0.5) is 0 Å². The Morgan fingerprint density at radius 3 is 1.91 bits per heavy atom. The average Bonchev–Trinajstić information content (AvgIpc) is 3.12. The molecule has 164 valence electrons. The maximum absolute atomic E-state index is 13.9.